The van der Waals surface area contributed by atoms with Crippen LogP contribution in [-0.4, -0.2) is 16.6 Å². The van der Waals surface area contributed by atoms with Gasteiger partial charge in [0.2, 0.25) is 5.89 Å². The van der Waals surface area contributed by atoms with Crippen molar-refractivity contribution in [3.63, 3.8) is 0 Å². The number of aliphatic hydroxyl groups excluding tert-OH is 1. The number of hydrogen-bond donors (Lipinski definition) is 2. The van der Waals surface area contributed by atoms with Crippen molar-refractivity contribution in [3.05, 3.63) is 17.3 Å². The van der Waals surface area contributed by atoms with Crippen LogP contribution >= 0.6 is 0 Å². The zero-order chi connectivity index (χ0) is 9.97. The topological polar surface area (TPSA) is 58.3 Å². The summed E-state index contributed by atoms with van der Waals surface area (Å²) in [6.45, 7) is 2.83. The maximum atomic E-state index is 8.90. The van der Waals surface area contributed by atoms with E-state index in [0.29, 0.717) is 11.9 Å². The summed E-state index contributed by atoms with van der Waals surface area (Å²) in [6, 6.07) is 0.313. The van der Waals surface area contributed by atoms with Gasteiger partial charge in [-0.15, -0.1) is 0 Å². The second kappa shape index (κ2) is 4.11. The lowest BCUT2D eigenvalue weighted by Crippen LogP contribution is -2.27. The number of hydrogen-bond acceptors (Lipinski definition) is 4. The van der Waals surface area contributed by atoms with Gasteiger partial charge in [0.15, 0.2) is 0 Å². The quantitative estimate of drug-likeness (QED) is 0.748. The molecule has 0 spiro atoms. The lowest BCUT2D eigenvalue weighted by molar-refractivity contribution is 0.238. The summed E-state index contributed by atoms with van der Waals surface area (Å²) >= 11 is 0. The molecule has 2 heterocycles. The minimum atomic E-state index is -0.118. The van der Waals surface area contributed by atoms with Crippen LogP contribution in [-0.2, 0) is 6.61 Å². The van der Waals surface area contributed by atoms with Gasteiger partial charge in [-0.2, -0.15) is 0 Å². The van der Waals surface area contributed by atoms with E-state index in [4.69, 9.17) is 9.52 Å². The third-order valence-corrected chi connectivity index (χ3v) is 2.65. The van der Waals surface area contributed by atoms with E-state index >= 15 is 0 Å². The third-order valence-electron chi connectivity index (χ3n) is 2.65. The highest BCUT2D eigenvalue weighted by atomic mass is 16.4. The van der Waals surface area contributed by atoms with Crippen LogP contribution in [0.15, 0.2) is 4.42 Å². The predicted octanol–water partition coefficient (Wildman–Crippen LogP) is 1.29. The minimum Gasteiger partial charge on any atom is -0.443 e. The Kier molecular flexibility index (Phi) is 2.84. The molecule has 1 unspecified atom stereocenters. The molecule has 1 aliphatic rings. The lowest BCUT2D eigenvalue weighted by Gasteiger charge is -2.21. The molecule has 1 aromatic heterocycles. The monoisotopic (exact) mass is 196 g/mol. The Hall–Kier alpha value is -0.870. The maximum Gasteiger partial charge on any atom is 0.220 e. The number of nitrogens with zero attached hydrogens (tertiary/aromatic N) is 1. The van der Waals surface area contributed by atoms with Gasteiger partial charge in [0.25, 0.3) is 0 Å². The van der Waals surface area contributed by atoms with E-state index in [1.54, 1.807) is 0 Å². The van der Waals surface area contributed by atoms with Crippen molar-refractivity contribution in [2.45, 2.75) is 38.8 Å². The molecule has 1 fully saturated rings. The molecule has 14 heavy (non-hydrogen) atoms. The molecular weight excluding hydrogens is 180 g/mol. The number of piperidine rings is 1. The SMILES string of the molecule is Cc1oc(CO)nc1C1CCCCN1. The van der Waals surface area contributed by atoms with Gasteiger partial charge in [0, 0.05) is 0 Å². The number of nitrogens with one attached hydrogen (secondary N) is 1. The standard InChI is InChI=1S/C10H16N2O2/c1-7-10(12-9(6-13)14-7)8-4-2-3-5-11-8/h8,11,13H,2-6H2,1H3. The molecule has 4 heteroatoms. The summed E-state index contributed by atoms with van der Waals surface area (Å²) in [5.41, 5.74) is 0.966. The van der Waals surface area contributed by atoms with Gasteiger partial charge in [0.1, 0.15) is 12.4 Å². The molecule has 1 atom stereocenters. The molecule has 0 amide bonds. The van der Waals surface area contributed by atoms with E-state index in [1.807, 2.05) is 6.92 Å². The van der Waals surface area contributed by atoms with Crippen LogP contribution in [0.3, 0.4) is 0 Å². The van der Waals surface area contributed by atoms with Gasteiger partial charge in [-0.25, -0.2) is 4.98 Å². The van der Waals surface area contributed by atoms with Gasteiger partial charge < -0.3 is 14.8 Å². The highest BCUT2D eigenvalue weighted by Gasteiger charge is 2.21. The molecule has 0 saturated carbocycles. The molecule has 1 aromatic rings. The van der Waals surface area contributed by atoms with E-state index in [0.717, 1.165) is 24.4 Å². The van der Waals surface area contributed by atoms with Crippen LogP contribution in [0.1, 0.15) is 42.6 Å². The van der Waals surface area contributed by atoms with E-state index in [9.17, 15) is 0 Å². The lowest BCUT2D eigenvalue weighted by atomic mass is 10.0. The average molecular weight is 196 g/mol. The highest BCUT2D eigenvalue weighted by Crippen LogP contribution is 2.25. The van der Waals surface area contributed by atoms with E-state index in [1.165, 1.54) is 12.8 Å². The zero-order valence-electron chi connectivity index (χ0n) is 8.42. The summed E-state index contributed by atoms with van der Waals surface area (Å²) in [6.07, 6.45) is 3.58. The number of rotatable bonds is 2. The molecule has 2 rings (SSSR count). The molecule has 0 radical (unpaired) electrons. The van der Waals surface area contributed by atoms with Gasteiger partial charge in [-0.3, -0.25) is 0 Å². The first-order valence-corrected chi connectivity index (χ1v) is 5.11. The Morgan fingerprint density at radius 1 is 1.57 bits per heavy atom. The largest absolute Gasteiger partial charge is 0.443 e. The molecule has 0 aromatic carbocycles. The number of oxazole rings is 1. The Morgan fingerprint density at radius 2 is 2.43 bits per heavy atom. The first-order valence-electron chi connectivity index (χ1n) is 5.11. The van der Waals surface area contributed by atoms with Crippen LogP contribution in [0.4, 0.5) is 0 Å². The van der Waals surface area contributed by atoms with Crippen molar-refractivity contribution < 1.29 is 9.52 Å². The van der Waals surface area contributed by atoms with E-state index in [2.05, 4.69) is 10.3 Å². The smallest absolute Gasteiger partial charge is 0.220 e. The summed E-state index contributed by atoms with van der Waals surface area (Å²) in [5.74, 6) is 1.25. The van der Waals surface area contributed by atoms with Gasteiger partial charge in [-0.1, -0.05) is 6.42 Å². The van der Waals surface area contributed by atoms with Gasteiger partial charge in [0.05, 0.1) is 11.7 Å². The molecule has 0 bridgehead atoms. The summed E-state index contributed by atoms with van der Waals surface area (Å²) < 4.78 is 5.32. The maximum absolute atomic E-state index is 8.90. The molecular formula is C10H16N2O2. The van der Waals surface area contributed by atoms with Gasteiger partial charge in [-0.05, 0) is 26.3 Å². The third kappa shape index (κ3) is 1.81. The first-order chi connectivity index (χ1) is 6.81. The van der Waals surface area contributed by atoms with Crippen LogP contribution in [0.25, 0.3) is 0 Å². The first kappa shape index (κ1) is 9.68. The summed E-state index contributed by atoms with van der Waals surface area (Å²) in [4.78, 5) is 4.27. The second-order valence-electron chi connectivity index (χ2n) is 3.71. The highest BCUT2D eigenvalue weighted by molar-refractivity contribution is 5.13. The molecule has 78 valence electrons. The normalized spacial score (nSPS) is 22.6. The van der Waals surface area contributed by atoms with Crippen molar-refractivity contribution in [3.8, 4) is 0 Å². The van der Waals surface area contributed by atoms with Crippen molar-refractivity contribution >= 4 is 0 Å². The Labute approximate surface area is 83.3 Å². The fraction of sp³-hybridized carbons (Fsp3) is 0.700. The van der Waals surface area contributed by atoms with Crippen LogP contribution in [0.2, 0.25) is 0 Å². The van der Waals surface area contributed by atoms with Crippen LogP contribution in [0, 0.1) is 6.92 Å². The summed E-state index contributed by atoms with van der Waals surface area (Å²) in [5, 5.41) is 12.3. The average Bonchev–Trinajstić information content (AvgIpc) is 2.61. The van der Waals surface area contributed by atoms with Crippen molar-refractivity contribution in [1.82, 2.24) is 10.3 Å². The fourth-order valence-electron chi connectivity index (χ4n) is 1.94. The Morgan fingerprint density at radius 3 is 3.00 bits per heavy atom. The zero-order valence-corrected chi connectivity index (χ0v) is 8.42. The molecule has 1 aliphatic heterocycles. The fourth-order valence-corrected chi connectivity index (χ4v) is 1.94. The molecule has 1 saturated heterocycles. The van der Waals surface area contributed by atoms with E-state index < -0.39 is 0 Å². The Bertz CT molecular complexity index is 303. The molecule has 0 aliphatic carbocycles. The van der Waals surface area contributed by atoms with Crippen molar-refractivity contribution in [2.24, 2.45) is 0 Å². The molecule has 2 N–H and O–H groups in total. The number of aryl methyl sites for hydroxylation is 1. The van der Waals surface area contributed by atoms with E-state index in [-0.39, 0.29) is 6.61 Å². The second-order valence-corrected chi connectivity index (χ2v) is 3.71. The van der Waals surface area contributed by atoms with Crippen molar-refractivity contribution in [2.75, 3.05) is 6.54 Å². The summed E-state index contributed by atoms with van der Waals surface area (Å²) in [7, 11) is 0. The van der Waals surface area contributed by atoms with Crippen LogP contribution in [0.5, 0.6) is 0 Å². The number of aliphatic hydroxyl groups is 1. The predicted molar refractivity (Wildman–Crippen MR) is 51.8 cm³/mol. The Balaban J connectivity index is 2.17. The van der Waals surface area contributed by atoms with Crippen LogP contribution < -0.4 is 5.32 Å². The molecule has 4 nitrogen and oxygen atoms in total. The number of aromatic nitrogens is 1. The minimum absolute atomic E-state index is 0.118. The van der Waals surface area contributed by atoms with Crippen molar-refractivity contribution in [1.29, 1.82) is 0 Å². The van der Waals surface area contributed by atoms with Gasteiger partial charge >= 0.3 is 0 Å².